The normalized spacial score (nSPS) is 10.1. The van der Waals surface area contributed by atoms with E-state index in [1.165, 1.54) is 30.6 Å². The summed E-state index contributed by atoms with van der Waals surface area (Å²) in [7, 11) is 0. The van der Waals surface area contributed by atoms with Crippen molar-refractivity contribution < 1.29 is 9.66 Å². The van der Waals surface area contributed by atoms with E-state index in [0.29, 0.717) is 0 Å². The molecule has 8 heteroatoms. The maximum atomic E-state index is 10.6. The van der Waals surface area contributed by atoms with Gasteiger partial charge in [0, 0.05) is 24.5 Å². The highest BCUT2D eigenvalue weighted by atomic mass is 35.5. The number of benzene rings is 1. The Kier molecular flexibility index (Phi) is 3.59. The van der Waals surface area contributed by atoms with Gasteiger partial charge in [-0.15, -0.1) is 0 Å². The SMILES string of the molecule is O=[N+]([O-])c1ccc(Oc2nccnc2Cl)cc1Cl. The molecule has 0 amide bonds. The Morgan fingerprint density at radius 1 is 1.22 bits per heavy atom. The van der Waals surface area contributed by atoms with Crippen LogP contribution in [0.3, 0.4) is 0 Å². The zero-order chi connectivity index (χ0) is 13.1. The van der Waals surface area contributed by atoms with Crippen molar-refractivity contribution in [3.63, 3.8) is 0 Å². The molecule has 1 aromatic carbocycles. The van der Waals surface area contributed by atoms with Gasteiger partial charge in [-0.1, -0.05) is 23.2 Å². The second kappa shape index (κ2) is 5.16. The second-order valence-corrected chi connectivity index (χ2v) is 3.89. The molecule has 0 saturated carbocycles. The highest BCUT2D eigenvalue weighted by Gasteiger charge is 2.14. The van der Waals surface area contributed by atoms with Gasteiger partial charge in [-0.05, 0) is 6.07 Å². The second-order valence-electron chi connectivity index (χ2n) is 3.12. The van der Waals surface area contributed by atoms with Crippen molar-refractivity contribution in [1.29, 1.82) is 0 Å². The zero-order valence-corrected chi connectivity index (χ0v) is 10.2. The molecule has 0 atom stereocenters. The average Bonchev–Trinajstić information content (AvgIpc) is 2.32. The summed E-state index contributed by atoms with van der Waals surface area (Å²) >= 11 is 11.5. The van der Waals surface area contributed by atoms with Gasteiger partial charge in [0.05, 0.1) is 4.92 Å². The first-order chi connectivity index (χ1) is 8.58. The fourth-order valence-corrected chi connectivity index (χ4v) is 1.57. The van der Waals surface area contributed by atoms with E-state index in [0.717, 1.165) is 0 Å². The summed E-state index contributed by atoms with van der Waals surface area (Å²) in [6.45, 7) is 0. The number of hydrogen-bond donors (Lipinski definition) is 0. The Bertz CT molecular complexity index is 607. The topological polar surface area (TPSA) is 78.2 Å². The number of aromatic nitrogens is 2. The summed E-state index contributed by atoms with van der Waals surface area (Å²) in [5.74, 6) is 0.386. The predicted molar refractivity (Wildman–Crippen MR) is 65.2 cm³/mol. The molecule has 1 heterocycles. The molecule has 92 valence electrons. The maximum absolute atomic E-state index is 10.6. The molecule has 0 bridgehead atoms. The zero-order valence-electron chi connectivity index (χ0n) is 8.71. The van der Waals surface area contributed by atoms with Crippen LogP contribution in [0.5, 0.6) is 11.6 Å². The average molecular weight is 286 g/mol. The number of nitro groups is 1. The van der Waals surface area contributed by atoms with Gasteiger partial charge in [-0.3, -0.25) is 10.1 Å². The highest BCUT2D eigenvalue weighted by molar-refractivity contribution is 6.32. The van der Waals surface area contributed by atoms with Crippen molar-refractivity contribution in [2.24, 2.45) is 0 Å². The lowest BCUT2D eigenvalue weighted by Crippen LogP contribution is -1.92. The first kappa shape index (κ1) is 12.5. The van der Waals surface area contributed by atoms with E-state index in [1.54, 1.807) is 0 Å². The Hall–Kier alpha value is -1.92. The van der Waals surface area contributed by atoms with Crippen molar-refractivity contribution in [3.8, 4) is 11.6 Å². The summed E-state index contributed by atoms with van der Waals surface area (Å²) in [6.07, 6.45) is 2.83. The van der Waals surface area contributed by atoms with Gasteiger partial charge in [0.15, 0.2) is 5.15 Å². The molecule has 1 aromatic heterocycles. The first-order valence-corrected chi connectivity index (χ1v) is 5.42. The van der Waals surface area contributed by atoms with E-state index < -0.39 is 4.92 Å². The predicted octanol–water partition coefficient (Wildman–Crippen LogP) is 3.48. The lowest BCUT2D eigenvalue weighted by molar-refractivity contribution is -0.384. The summed E-state index contributed by atoms with van der Waals surface area (Å²) in [6, 6.07) is 3.95. The van der Waals surface area contributed by atoms with Crippen molar-refractivity contribution >= 4 is 28.9 Å². The molecule has 2 aromatic rings. The fraction of sp³-hybridized carbons (Fsp3) is 0. The Labute approximate surface area is 111 Å². The quantitative estimate of drug-likeness (QED) is 0.637. The summed E-state index contributed by atoms with van der Waals surface area (Å²) < 4.78 is 5.31. The molecule has 6 nitrogen and oxygen atoms in total. The molecular formula is C10H5Cl2N3O3. The van der Waals surface area contributed by atoms with Gasteiger partial charge in [0.25, 0.3) is 11.6 Å². The van der Waals surface area contributed by atoms with Crippen LogP contribution in [0.2, 0.25) is 10.2 Å². The first-order valence-electron chi connectivity index (χ1n) is 4.66. The van der Waals surface area contributed by atoms with Gasteiger partial charge in [0.1, 0.15) is 10.8 Å². The number of nitro benzene ring substituents is 1. The van der Waals surface area contributed by atoms with Crippen LogP contribution in [-0.4, -0.2) is 14.9 Å². The van der Waals surface area contributed by atoms with Crippen LogP contribution in [0.1, 0.15) is 0 Å². The lowest BCUT2D eigenvalue weighted by Gasteiger charge is -2.05. The molecular weight excluding hydrogens is 281 g/mol. The number of halogens is 2. The molecule has 0 N–H and O–H groups in total. The Balaban J connectivity index is 2.29. The minimum absolute atomic E-state index is 0.0301. The largest absolute Gasteiger partial charge is 0.436 e. The van der Waals surface area contributed by atoms with E-state index in [9.17, 15) is 10.1 Å². The lowest BCUT2D eigenvalue weighted by atomic mass is 10.3. The number of nitrogens with zero attached hydrogens (tertiary/aromatic N) is 3. The Morgan fingerprint density at radius 2 is 1.94 bits per heavy atom. The molecule has 0 aliphatic rings. The fourth-order valence-electron chi connectivity index (χ4n) is 1.19. The molecule has 0 fully saturated rings. The van der Waals surface area contributed by atoms with Crippen molar-refractivity contribution in [2.75, 3.05) is 0 Å². The third kappa shape index (κ3) is 2.66. The number of hydrogen-bond acceptors (Lipinski definition) is 5. The van der Waals surface area contributed by atoms with Gasteiger partial charge in [-0.2, -0.15) is 0 Å². The van der Waals surface area contributed by atoms with Crippen molar-refractivity contribution in [3.05, 3.63) is 50.9 Å². The summed E-state index contributed by atoms with van der Waals surface area (Å²) in [5, 5.41) is 10.6. The number of rotatable bonds is 3. The molecule has 2 rings (SSSR count). The van der Waals surface area contributed by atoms with Gasteiger partial charge >= 0.3 is 0 Å². The van der Waals surface area contributed by atoms with E-state index >= 15 is 0 Å². The molecule has 0 aliphatic carbocycles. The third-order valence-electron chi connectivity index (χ3n) is 1.95. The third-order valence-corrected chi connectivity index (χ3v) is 2.52. The minimum atomic E-state index is -0.582. The van der Waals surface area contributed by atoms with Crippen LogP contribution in [0, 0.1) is 10.1 Å². The van der Waals surface area contributed by atoms with Crippen LogP contribution in [0.4, 0.5) is 5.69 Å². The Morgan fingerprint density at radius 3 is 2.56 bits per heavy atom. The highest BCUT2D eigenvalue weighted by Crippen LogP contribution is 2.31. The summed E-state index contributed by atoms with van der Waals surface area (Å²) in [5.41, 5.74) is -0.200. The standard InChI is InChI=1S/C10H5Cl2N3O3/c11-7-5-6(1-2-8(7)15(16)17)18-10-9(12)13-3-4-14-10/h1-5H. The minimum Gasteiger partial charge on any atom is -0.436 e. The van der Waals surface area contributed by atoms with E-state index in [-0.39, 0.29) is 27.5 Å². The van der Waals surface area contributed by atoms with Crippen LogP contribution in [0.25, 0.3) is 0 Å². The van der Waals surface area contributed by atoms with Gasteiger partial charge in [0.2, 0.25) is 0 Å². The van der Waals surface area contributed by atoms with Crippen LogP contribution >= 0.6 is 23.2 Å². The monoisotopic (exact) mass is 285 g/mol. The molecule has 18 heavy (non-hydrogen) atoms. The van der Waals surface area contributed by atoms with Crippen LogP contribution in [-0.2, 0) is 0 Å². The molecule has 0 radical (unpaired) electrons. The van der Waals surface area contributed by atoms with Crippen LogP contribution < -0.4 is 4.74 Å². The smallest absolute Gasteiger partial charge is 0.288 e. The summed E-state index contributed by atoms with van der Waals surface area (Å²) in [4.78, 5) is 17.6. The van der Waals surface area contributed by atoms with Gasteiger partial charge in [-0.25, -0.2) is 9.97 Å². The maximum Gasteiger partial charge on any atom is 0.288 e. The molecule has 0 aliphatic heterocycles. The van der Waals surface area contributed by atoms with Crippen LogP contribution in [0.15, 0.2) is 30.6 Å². The van der Waals surface area contributed by atoms with Gasteiger partial charge < -0.3 is 4.74 Å². The molecule has 0 saturated heterocycles. The van der Waals surface area contributed by atoms with E-state index in [2.05, 4.69) is 9.97 Å². The number of ether oxygens (including phenoxy) is 1. The van der Waals surface area contributed by atoms with Crippen molar-refractivity contribution in [1.82, 2.24) is 9.97 Å². The van der Waals surface area contributed by atoms with E-state index in [4.69, 9.17) is 27.9 Å². The van der Waals surface area contributed by atoms with Crippen molar-refractivity contribution in [2.45, 2.75) is 0 Å². The van der Waals surface area contributed by atoms with E-state index in [1.807, 2.05) is 0 Å². The molecule has 0 spiro atoms. The molecule has 0 unspecified atom stereocenters.